The molecule has 1 atom stereocenters. The van der Waals surface area contributed by atoms with Crippen molar-refractivity contribution in [3.8, 4) is 10.6 Å². The van der Waals surface area contributed by atoms with Crippen LogP contribution in [0.5, 0.6) is 0 Å². The molecule has 0 aliphatic carbocycles. The third kappa shape index (κ3) is 3.04. The highest BCUT2D eigenvalue weighted by Gasteiger charge is 2.28. The number of amides is 3. The van der Waals surface area contributed by atoms with Gasteiger partial charge >= 0.3 is 0 Å². The fraction of sp³-hybridized carbons (Fsp3) is 0.200. The zero-order chi connectivity index (χ0) is 15.5. The smallest absolute Gasteiger partial charge is 0.271 e. The standard InChI is InChI=1S/C15H13N3O3S/c19-12-7-6-10(13(20)18-12)16-14(21)11-8-22-15(17-11)9-4-2-1-3-5-9/h1-5,8,10H,6-7H2,(H,16,21)(H,18,19,20). The van der Waals surface area contributed by atoms with Crippen LogP contribution in [0.2, 0.25) is 0 Å². The van der Waals surface area contributed by atoms with Gasteiger partial charge in [0, 0.05) is 17.4 Å². The number of benzene rings is 1. The number of imide groups is 1. The van der Waals surface area contributed by atoms with Crippen molar-refractivity contribution in [2.75, 3.05) is 0 Å². The van der Waals surface area contributed by atoms with Crippen molar-refractivity contribution in [3.63, 3.8) is 0 Å². The Morgan fingerprint density at radius 3 is 2.77 bits per heavy atom. The second-order valence-electron chi connectivity index (χ2n) is 4.88. The Morgan fingerprint density at radius 2 is 2.05 bits per heavy atom. The van der Waals surface area contributed by atoms with Crippen molar-refractivity contribution in [3.05, 3.63) is 41.4 Å². The first kappa shape index (κ1) is 14.4. The summed E-state index contributed by atoms with van der Waals surface area (Å²) in [5.74, 6) is -1.19. The molecule has 0 saturated carbocycles. The number of carbonyl (C=O) groups is 3. The van der Waals surface area contributed by atoms with Gasteiger partial charge in [0.05, 0.1) is 0 Å². The molecule has 2 aromatic rings. The summed E-state index contributed by atoms with van der Waals surface area (Å²) in [7, 11) is 0. The van der Waals surface area contributed by atoms with E-state index in [4.69, 9.17) is 0 Å². The molecule has 0 bridgehead atoms. The van der Waals surface area contributed by atoms with Crippen molar-refractivity contribution in [2.45, 2.75) is 18.9 Å². The van der Waals surface area contributed by atoms with Gasteiger partial charge in [0.2, 0.25) is 11.8 Å². The van der Waals surface area contributed by atoms with Gasteiger partial charge in [-0.25, -0.2) is 4.98 Å². The molecule has 2 N–H and O–H groups in total. The van der Waals surface area contributed by atoms with Crippen LogP contribution in [0.1, 0.15) is 23.3 Å². The highest BCUT2D eigenvalue weighted by Crippen LogP contribution is 2.23. The van der Waals surface area contributed by atoms with Gasteiger partial charge in [-0.2, -0.15) is 0 Å². The van der Waals surface area contributed by atoms with Gasteiger partial charge in [0.15, 0.2) is 0 Å². The maximum absolute atomic E-state index is 12.2. The number of rotatable bonds is 3. The third-order valence-corrected chi connectivity index (χ3v) is 4.19. The lowest BCUT2D eigenvalue weighted by atomic mass is 10.1. The Bertz CT molecular complexity index is 727. The van der Waals surface area contributed by atoms with Crippen molar-refractivity contribution in [1.82, 2.24) is 15.6 Å². The minimum absolute atomic E-state index is 0.225. The Morgan fingerprint density at radius 1 is 1.27 bits per heavy atom. The molecule has 1 aromatic heterocycles. The van der Waals surface area contributed by atoms with Crippen molar-refractivity contribution >= 4 is 29.1 Å². The lowest BCUT2D eigenvalue weighted by Crippen LogP contribution is -2.52. The predicted molar refractivity (Wildman–Crippen MR) is 81.2 cm³/mol. The van der Waals surface area contributed by atoms with Crippen LogP contribution in [0.25, 0.3) is 10.6 Å². The molecule has 22 heavy (non-hydrogen) atoms. The van der Waals surface area contributed by atoms with E-state index in [1.165, 1.54) is 11.3 Å². The topological polar surface area (TPSA) is 88.2 Å². The molecule has 2 heterocycles. The van der Waals surface area contributed by atoms with Crippen molar-refractivity contribution < 1.29 is 14.4 Å². The monoisotopic (exact) mass is 315 g/mol. The van der Waals surface area contributed by atoms with Gasteiger partial charge in [-0.3, -0.25) is 19.7 Å². The van der Waals surface area contributed by atoms with E-state index in [0.717, 1.165) is 10.6 Å². The summed E-state index contributed by atoms with van der Waals surface area (Å²) in [5, 5.41) is 7.22. The summed E-state index contributed by atoms with van der Waals surface area (Å²) in [5.41, 5.74) is 1.21. The van der Waals surface area contributed by atoms with Crippen LogP contribution < -0.4 is 10.6 Å². The first-order chi connectivity index (χ1) is 10.6. The van der Waals surface area contributed by atoms with Gasteiger partial charge in [-0.15, -0.1) is 11.3 Å². The molecule has 0 spiro atoms. The summed E-state index contributed by atoms with van der Waals surface area (Å²) < 4.78 is 0. The first-order valence-corrected chi connectivity index (χ1v) is 7.67. The van der Waals surface area contributed by atoms with Crippen LogP contribution in [-0.4, -0.2) is 28.7 Å². The van der Waals surface area contributed by atoms with Crippen LogP contribution in [0.15, 0.2) is 35.7 Å². The number of hydrogen-bond acceptors (Lipinski definition) is 5. The lowest BCUT2D eigenvalue weighted by Gasteiger charge is -2.21. The molecular formula is C15H13N3O3S. The number of nitrogens with zero attached hydrogens (tertiary/aromatic N) is 1. The summed E-state index contributed by atoms with van der Waals surface area (Å²) in [4.78, 5) is 39.2. The normalized spacial score (nSPS) is 17.9. The molecule has 1 aromatic carbocycles. The van der Waals surface area contributed by atoms with Crippen LogP contribution in [-0.2, 0) is 9.59 Å². The van der Waals surface area contributed by atoms with Crippen LogP contribution in [0.3, 0.4) is 0 Å². The van der Waals surface area contributed by atoms with Crippen LogP contribution >= 0.6 is 11.3 Å². The molecule has 1 fully saturated rings. The van der Waals surface area contributed by atoms with Crippen LogP contribution in [0, 0.1) is 0 Å². The van der Waals surface area contributed by atoms with E-state index >= 15 is 0 Å². The van der Waals surface area contributed by atoms with Crippen molar-refractivity contribution in [2.24, 2.45) is 0 Å². The minimum Gasteiger partial charge on any atom is -0.339 e. The summed E-state index contributed by atoms with van der Waals surface area (Å²) in [6, 6.07) is 8.86. The van der Waals surface area contributed by atoms with Gasteiger partial charge in [0.25, 0.3) is 5.91 Å². The van der Waals surface area contributed by atoms with E-state index in [9.17, 15) is 14.4 Å². The first-order valence-electron chi connectivity index (χ1n) is 6.79. The minimum atomic E-state index is -0.688. The zero-order valence-electron chi connectivity index (χ0n) is 11.5. The second kappa shape index (κ2) is 6.07. The highest BCUT2D eigenvalue weighted by molar-refractivity contribution is 7.13. The quantitative estimate of drug-likeness (QED) is 0.837. The van der Waals surface area contributed by atoms with E-state index in [0.29, 0.717) is 6.42 Å². The van der Waals surface area contributed by atoms with Gasteiger partial charge in [0.1, 0.15) is 16.7 Å². The molecule has 7 heteroatoms. The molecule has 1 unspecified atom stereocenters. The Labute approximate surface area is 130 Å². The fourth-order valence-electron chi connectivity index (χ4n) is 2.15. The summed E-state index contributed by atoms with van der Waals surface area (Å²) >= 11 is 1.37. The van der Waals surface area contributed by atoms with Crippen molar-refractivity contribution in [1.29, 1.82) is 0 Å². The average molecular weight is 315 g/mol. The van der Waals surface area contributed by atoms with Crippen LogP contribution in [0.4, 0.5) is 0 Å². The van der Waals surface area contributed by atoms with E-state index in [1.54, 1.807) is 5.38 Å². The summed E-state index contributed by atoms with van der Waals surface area (Å²) in [6.45, 7) is 0. The third-order valence-electron chi connectivity index (χ3n) is 3.30. The Balaban J connectivity index is 1.70. The molecule has 1 saturated heterocycles. The van der Waals surface area contributed by atoms with Gasteiger partial charge in [-0.1, -0.05) is 30.3 Å². The number of piperidine rings is 1. The molecule has 1 aliphatic heterocycles. The van der Waals surface area contributed by atoms with E-state index < -0.39 is 17.9 Å². The average Bonchev–Trinajstić information content (AvgIpc) is 3.01. The number of nitrogens with one attached hydrogen (secondary N) is 2. The molecule has 112 valence electrons. The maximum atomic E-state index is 12.2. The molecule has 3 rings (SSSR count). The van der Waals surface area contributed by atoms with Gasteiger partial charge < -0.3 is 5.32 Å². The molecule has 6 nitrogen and oxygen atoms in total. The Hall–Kier alpha value is -2.54. The predicted octanol–water partition coefficient (Wildman–Crippen LogP) is 1.35. The molecular weight excluding hydrogens is 302 g/mol. The zero-order valence-corrected chi connectivity index (χ0v) is 12.4. The largest absolute Gasteiger partial charge is 0.339 e. The Kier molecular flexibility index (Phi) is 3.97. The SMILES string of the molecule is O=C1CCC(NC(=O)c2csc(-c3ccccc3)n2)C(=O)N1. The number of hydrogen-bond donors (Lipinski definition) is 2. The maximum Gasteiger partial charge on any atom is 0.271 e. The van der Waals surface area contributed by atoms with Gasteiger partial charge in [-0.05, 0) is 6.42 Å². The lowest BCUT2D eigenvalue weighted by molar-refractivity contribution is -0.134. The molecule has 3 amide bonds. The molecule has 0 radical (unpaired) electrons. The van der Waals surface area contributed by atoms with E-state index in [2.05, 4.69) is 15.6 Å². The highest BCUT2D eigenvalue weighted by atomic mass is 32.1. The summed E-state index contributed by atoms with van der Waals surface area (Å²) in [6.07, 6.45) is 0.537. The molecule has 1 aliphatic rings. The second-order valence-corrected chi connectivity index (χ2v) is 5.74. The number of thiazole rings is 1. The number of carbonyl (C=O) groups excluding carboxylic acids is 3. The fourth-order valence-corrected chi connectivity index (χ4v) is 2.96. The van der Waals surface area contributed by atoms with E-state index in [-0.39, 0.29) is 18.0 Å². The van der Waals surface area contributed by atoms with E-state index in [1.807, 2.05) is 30.3 Å². The number of aromatic nitrogens is 1.